The van der Waals surface area contributed by atoms with Gasteiger partial charge in [0.15, 0.2) is 6.23 Å². The van der Waals surface area contributed by atoms with E-state index in [9.17, 15) is 10.2 Å². The molecule has 0 amide bonds. The van der Waals surface area contributed by atoms with Crippen LogP contribution in [0.25, 0.3) is 0 Å². The number of aliphatic hydroxyl groups excluding tert-OH is 2. The molecule has 2 N–H and O–H groups in total. The Hall–Kier alpha value is -0.840. The van der Waals surface area contributed by atoms with Crippen molar-refractivity contribution in [2.24, 2.45) is 0 Å². The molecule has 72 valence electrons. The molecule has 1 aliphatic heterocycles. The normalized spacial score (nSPS) is 39.6. The van der Waals surface area contributed by atoms with Gasteiger partial charge in [0, 0.05) is 12.4 Å². The van der Waals surface area contributed by atoms with E-state index in [-0.39, 0.29) is 6.10 Å². The molecule has 4 nitrogen and oxygen atoms in total. The fraction of sp³-hybridized carbons (Fsp3) is 0.556. The molecule has 0 bridgehead atoms. The molecular formula is C9H13NO3. The lowest BCUT2D eigenvalue weighted by atomic mass is 10.1. The lowest BCUT2D eigenvalue weighted by molar-refractivity contribution is -0.0319. The summed E-state index contributed by atoms with van der Waals surface area (Å²) < 4.78 is 7.14. The molecule has 1 fully saturated rings. The Bertz CT molecular complexity index is 272. The topological polar surface area (TPSA) is 54.6 Å². The Morgan fingerprint density at radius 2 is 1.77 bits per heavy atom. The van der Waals surface area contributed by atoms with Gasteiger partial charge < -0.3 is 19.5 Å². The average Bonchev–Trinajstić information content (AvgIpc) is 2.70. The quantitative estimate of drug-likeness (QED) is 0.650. The van der Waals surface area contributed by atoms with Gasteiger partial charge in [-0.1, -0.05) is 0 Å². The Labute approximate surface area is 76.4 Å². The van der Waals surface area contributed by atoms with Crippen LogP contribution in [0.3, 0.4) is 0 Å². The van der Waals surface area contributed by atoms with Crippen LogP contribution in [0, 0.1) is 0 Å². The Morgan fingerprint density at radius 3 is 2.23 bits per heavy atom. The second-order valence-electron chi connectivity index (χ2n) is 3.34. The zero-order chi connectivity index (χ0) is 9.42. The molecule has 2 heterocycles. The monoisotopic (exact) mass is 183 g/mol. The summed E-state index contributed by atoms with van der Waals surface area (Å²) >= 11 is 0. The van der Waals surface area contributed by atoms with Crippen LogP contribution in [-0.2, 0) is 4.74 Å². The molecule has 1 aromatic heterocycles. The van der Waals surface area contributed by atoms with Crippen LogP contribution in [0.2, 0.25) is 0 Å². The molecule has 1 aliphatic rings. The zero-order valence-corrected chi connectivity index (χ0v) is 7.37. The second-order valence-corrected chi connectivity index (χ2v) is 3.34. The third-order valence-electron chi connectivity index (χ3n) is 2.40. The third kappa shape index (κ3) is 1.37. The minimum Gasteiger partial charge on any atom is -0.388 e. The largest absolute Gasteiger partial charge is 0.388 e. The number of nitrogens with zero attached hydrogens (tertiary/aromatic N) is 1. The standard InChI is InChI=1S/C9H13NO3/c1-6-7(11)8(12)9(13-6)10-4-2-3-5-10/h2-9,11-12H,1H3/t6-,7-,8-,9-/m1/s1. The van der Waals surface area contributed by atoms with Gasteiger partial charge >= 0.3 is 0 Å². The summed E-state index contributed by atoms with van der Waals surface area (Å²) in [5.74, 6) is 0. The molecule has 0 saturated carbocycles. The number of aromatic nitrogens is 1. The predicted octanol–water partition coefficient (Wildman–Crippen LogP) is 0.127. The molecule has 0 aliphatic carbocycles. The highest BCUT2D eigenvalue weighted by atomic mass is 16.6. The third-order valence-corrected chi connectivity index (χ3v) is 2.40. The van der Waals surface area contributed by atoms with Crippen molar-refractivity contribution in [2.45, 2.75) is 31.5 Å². The van der Waals surface area contributed by atoms with Crippen LogP contribution in [0.1, 0.15) is 13.2 Å². The molecule has 2 rings (SSSR count). The molecule has 13 heavy (non-hydrogen) atoms. The first-order valence-corrected chi connectivity index (χ1v) is 4.34. The minimum atomic E-state index is -0.845. The van der Waals surface area contributed by atoms with Crippen molar-refractivity contribution in [1.29, 1.82) is 0 Å². The lowest BCUT2D eigenvalue weighted by Crippen LogP contribution is -2.30. The Morgan fingerprint density at radius 1 is 1.15 bits per heavy atom. The second kappa shape index (κ2) is 3.14. The molecule has 1 saturated heterocycles. The minimum absolute atomic E-state index is 0.317. The maximum Gasteiger partial charge on any atom is 0.162 e. The highest BCUT2D eigenvalue weighted by Crippen LogP contribution is 2.28. The van der Waals surface area contributed by atoms with E-state index in [2.05, 4.69) is 0 Å². The molecule has 4 heteroatoms. The summed E-state index contributed by atoms with van der Waals surface area (Å²) in [6, 6.07) is 3.71. The van der Waals surface area contributed by atoms with Crippen LogP contribution < -0.4 is 0 Å². The van der Waals surface area contributed by atoms with E-state index >= 15 is 0 Å². The van der Waals surface area contributed by atoms with Crippen molar-refractivity contribution in [3.8, 4) is 0 Å². The van der Waals surface area contributed by atoms with Crippen LogP contribution in [0.4, 0.5) is 0 Å². The smallest absolute Gasteiger partial charge is 0.162 e. The van der Waals surface area contributed by atoms with Crippen LogP contribution >= 0.6 is 0 Å². The van der Waals surface area contributed by atoms with E-state index in [4.69, 9.17) is 4.74 Å². The first-order valence-electron chi connectivity index (χ1n) is 4.34. The summed E-state index contributed by atoms with van der Waals surface area (Å²) in [5, 5.41) is 19.1. The Kier molecular flexibility index (Phi) is 2.11. The van der Waals surface area contributed by atoms with Crippen molar-refractivity contribution >= 4 is 0 Å². The van der Waals surface area contributed by atoms with Gasteiger partial charge in [0.1, 0.15) is 12.2 Å². The molecule has 0 spiro atoms. The Balaban J connectivity index is 2.19. The van der Waals surface area contributed by atoms with E-state index in [1.165, 1.54) is 0 Å². The van der Waals surface area contributed by atoms with Crippen molar-refractivity contribution < 1.29 is 14.9 Å². The summed E-state index contributed by atoms with van der Waals surface area (Å²) in [5.41, 5.74) is 0. The highest BCUT2D eigenvalue weighted by Gasteiger charge is 2.40. The summed E-state index contributed by atoms with van der Waals surface area (Å²) in [7, 11) is 0. The first-order chi connectivity index (χ1) is 6.20. The number of rotatable bonds is 1. The molecule has 0 unspecified atom stereocenters. The van der Waals surface area contributed by atoms with E-state index in [1.54, 1.807) is 23.9 Å². The molecule has 0 radical (unpaired) electrons. The highest BCUT2D eigenvalue weighted by molar-refractivity contribution is 4.96. The lowest BCUT2D eigenvalue weighted by Gasteiger charge is -2.15. The SMILES string of the molecule is C[C@H]1O[C@@H](n2cccc2)[C@H](O)[C@@H]1O. The summed E-state index contributed by atoms with van der Waals surface area (Å²) in [4.78, 5) is 0. The van der Waals surface area contributed by atoms with Gasteiger partial charge in [-0.15, -0.1) is 0 Å². The number of aliphatic hydroxyl groups is 2. The van der Waals surface area contributed by atoms with Gasteiger partial charge in [0.2, 0.25) is 0 Å². The van der Waals surface area contributed by atoms with Crippen molar-refractivity contribution in [1.82, 2.24) is 4.57 Å². The number of ether oxygens (including phenoxy) is 1. The van der Waals surface area contributed by atoms with Crippen LogP contribution in [-0.4, -0.2) is 33.1 Å². The van der Waals surface area contributed by atoms with Gasteiger partial charge in [-0.25, -0.2) is 0 Å². The first kappa shape index (κ1) is 8.74. The summed E-state index contributed by atoms with van der Waals surface area (Å²) in [6.07, 6.45) is 1.19. The van der Waals surface area contributed by atoms with Crippen molar-refractivity contribution in [2.75, 3.05) is 0 Å². The van der Waals surface area contributed by atoms with Crippen molar-refractivity contribution in [3.05, 3.63) is 24.5 Å². The molecular weight excluding hydrogens is 170 g/mol. The van der Waals surface area contributed by atoms with Gasteiger partial charge in [-0.3, -0.25) is 0 Å². The van der Waals surface area contributed by atoms with E-state index in [0.717, 1.165) is 0 Å². The van der Waals surface area contributed by atoms with E-state index in [1.807, 2.05) is 12.1 Å². The predicted molar refractivity (Wildman–Crippen MR) is 46.0 cm³/mol. The molecule has 0 aromatic carbocycles. The fourth-order valence-corrected chi connectivity index (χ4v) is 1.59. The zero-order valence-electron chi connectivity index (χ0n) is 7.37. The maximum atomic E-state index is 9.60. The average molecular weight is 183 g/mol. The molecule has 1 aromatic rings. The van der Waals surface area contributed by atoms with Gasteiger partial charge in [-0.05, 0) is 19.1 Å². The van der Waals surface area contributed by atoms with Gasteiger partial charge in [0.25, 0.3) is 0 Å². The van der Waals surface area contributed by atoms with E-state index in [0.29, 0.717) is 0 Å². The molecule has 4 atom stereocenters. The number of hydrogen-bond donors (Lipinski definition) is 2. The number of hydrogen-bond acceptors (Lipinski definition) is 3. The van der Waals surface area contributed by atoms with Crippen LogP contribution in [0.15, 0.2) is 24.5 Å². The van der Waals surface area contributed by atoms with E-state index < -0.39 is 18.4 Å². The van der Waals surface area contributed by atoms with Gasteiger partial charge in [-0.2, -0.15) is 0 Å². The summed E-state index contributed by atoms with van der Waals surface area (Å²) in [6.45, 7) is 1.75. The van der Waals surface area contributed by atoms with Gasteiger partial charge in [0.05, 0.1) is 6.10 Å². The maximum absolute atomic E-state index is 9.60. The van der Waals surface area contributed by atoms with Crippen LogP contribution in [0.5, 0.6) is 0 Å². The van der Waals surface area contributed by atoms with Crippen molar-refractivity contribution in [3.63, 3.8) is 0 Å². The fourth-order valence-electron chi connectivity index (χ4n) is 1.59.